The standard InChI is InChI=1S/C6H7N2O2/c1-2-8-4-3-5(7-8)6(9)10/h4H,2H2,1H3,(H,9,10). The van der Waals surface area contributed by atoms with E-state index >= 15 is 0 Å². The first-order valence-electron chi connectivity index (χ1n) is 2.92. The number of carboxylic acids is 1. The highest BCUT2D eigenvalue weighted by Crippen LogP contribution is 1.92. The lowest BCUT2D eigenvalue weighted by Gasteiger charge is -1.89. The van der Waals surface area contributed by atoms with Crippen molar-refractivity contribution in [1.82, 2.24) is 9.78 Å². The summed E-state index contributed by atoms with van der Waals surface area (Å²) in [5, 5.41) is 12.1. The molecule has 0 spiro atoms. The number of nitrogens with zero attached hydrogens (tertiary/aromatic N) is 2. The molecular formula is C6H7N2O2. The van der Waals surface area contributed by atoms with Gasteiger partial charge < -0.3 is 5.11 Å². The van der Waals surface area contributed by atoms with Crippen molar-refractivity contribution in [3.63, 3.8) is 0 Å². The third kappa shape index (κ3) is 1.15. The van der Waals surface area contributed by atoms with Gasteiger partial charge in [-0.1, -0.05) is 0 Å². The van der Waals surface area contributed by atoms with Crippen LogP contribution in [0.25, 0.3) is 0 Å². The first kappa shape index (κ1) is 6.80. The van der Waals surface area contributed by atoms with E-state index in [2.05, 4.69) is 11.2 Å². The highest BCUT2D eigenvalue weighted by Gasteiger charge is 2.05. The molecule has 1 rings (SSSR count). The molecule has 4 heteroatoms. The van der Waals surface area contributed by atoms with Crippen molar-refractivity contribution in [2.45, 2.75) is 13.5 Å². The van der Waals surface area contributed by atoms with Crippen LogP contribution in [0.2, 0.25) is 0 Å². The second-order valence-electron chi connectivity index (χ2n) is 1.78. The first-order valence-corrected chi connectivity index (χ1v) is 2.92. The monoisotopic (exact) mass is 139 g/mol. The van der Waals surface area contributed by atoms with Gasteiger partial charge in [-0.2, -0.15) is 5.10 Å². The number of aromatic carboxylic acids is 1. The number of aryl methyl sites for hydroxylation is 1. The summed E-state index contributed by atoms with van der Waals surface area (Å²) in [6, 6.07) is 2.51. The Labute approximate surface area is 58.1 Å². The lowest BCUT2D eigenvalue weighted by Crippen LogP contribution is -2.00. The Balaban J connectivity index is 2.88. The van der Waals surface area contributed by atoms with E-state index in [0.717, 1.165) is 0 Å². The number of carbonyl (C=O) groups is 1. The molecule has 0 saturated heterocycles. The Morgan fingerprint density at radius 2 is 2.70 bits per heavy atom. The zero-order valence-electron chi connectivity index (χ0n) is 5.53. The van der Waals surface area contributed by atoms with Crippen LogP contribution in [0.4, 0.5) is 0 Å². The third-order valence-electron chi connectivity index (χ3n) is 1.11. The Morgan fingerprint density at radius 3 is 3.00 bits per heavy atom. The number of aromatic nitrogens is 2. The van der Waals surface area contributed by atoms with E-state index in [1.807, 2.05) is 6.92 Å². The first-order chi connectivity index (χ1) is 4.74. The van der Waals surface area contributed by atoms with Crippen LogP contribution < -0.4 is 0 Å². The molecule has 0 aromatic carbocycles. The van der Waals surface area contributed by atoms with E-state index in [4.69, 9.17) is 5.11 Å². The maximum absolute atomic E-state index is 10.2. The smallest absolute Gasteiger partial charge is 0.357 e. The molecule has 4 nitrogen and oxygen atoms in total. The lowest BCUT2D eigenvalue weighted by molar-refractivity contribution is 0.0689. The van der Waals surface area contributed by atoms with Crippen molar-refractivity contribution >= 4 is 5.97 Å². The Bertz CT molecular complexity index is 242. The topological polar surface area (TPSA) is 55.1 Å². The maximum Gasteiger partial charge on any atom is 0.357 e. The molecule has 0 fully saturated rings. The second-order valence-corrected chi connectivity index (χ2v) is 1.78. The van der Waals surface area contributed by atoms with Gasteiger partial charge in [-0.3, -0.25) is 4.68 Å². The molecule has 0 aliphatic carbocycles. The molecule has 1 aromatic rings. The zero-order chi connectivity index (χ0) is 7.56. The van der Waals surface area contributed by atoms with Crippen LogP contribution in [-0.2, 0) is 6.54 Å². The van der Waals surface area contributed by atoms with E-state index in [-0.39, 0.29) is 5.69 Å². The summed E-state index contributed by atoms with van der Waals surface area (Å²) in [6.45, 7) is 2.55. The molecule has 53 valence electrons. The van der Waals surface area contributed by atoms with Crippen molar-refractivity contribution in [3.8, 4) is 0 Å². The van der Waals surface area contributed by atoms with Gasteiger partial charge in [0.05, 0.1) is 0 Å². The highest BCUT2D eigenvalue weighted by molar-refractivity contribution is 5.84. The van der Waals surface area contributed by atoms with Crippen molar-refractivity contribution in [2.24, 2.45) is 0 Å². The van der Waals surface area contributed by atoms with Crippen LogP contribution in [0.3, 0.4) is 0 Å². The quantitative estimate of drug-likeness (QED) is 0.645. The summed E-state index contributed by atoms with van der Waals surface area (Å²) in [5.41, 5.74) is -0.0261. The van der Waals surface area contributed by atoms with Crippen LogP contribution in [-0.4, -0.2) is 20.9 Å². The molecule has 1 radical (unpaired) electrons. The van der Waals surface area contributed by atoms with Gasteiger partial charge >= 0.3 is 5.97 Å². The van der Waals surface area contributed by atoms with Gasteiger partial charge in [0.15, 0.2) is 5.69 Å². The van der Waals surface area contributed by atoms with Crippen LogP contribution in [0.15, 0.2) is 6.20 Å². The minimum Gasteiger partial charge on any atom is -0.476 e. The van der Waals surface area contributed by atoms with Crippen molar-refractivity contribution in [3.05, 3.63) is 18.0 Å². The van der Waals surface area contributed by atoms with Gasteiger partial charge in [0.1, 0.15) is 0 Å². The molecule has 0 unspecified atom stereocenters. The summed E-state index contributed by atoms with van der Waals surface area (Å²) in [6.07, 6.45) is 1.52. The van der Waals surface area contributed by atoms with Crippen LogP contribution in [0, 0.1) is 6.07 Å². The van der Waals surface area contributed by atoms with E-state index in [1.165, 1.54) is 10.9 Å². The highest BCUT2D eigenvalue weighted by atomic mass is 16.4. The summed E-state index contributed by atoms with van der Waals surface area (Å²) in [7, 11) is 0. The van der Waals surface area contributed by atoms with Crippen LogP contribution >= 0.6 is 0 Å². The largest absolute Gasteiger partial charge is 0.476 e. The van der Waals surface area contributed by atoms with Gasteiger partial charge in [-0.15, -0.1) is 0 Å². The van der Waals surface area contributed by atoms with Gasteiger partial charge in [-0.25, -0.2) is 4.79 Å². The number of hydrogen-bond donors (Lipinski definition) is 1. The number of rotatable bonds is 2. The van der Waals surface area contributed by atoms with Crippen molar-refractivity contribution in [2.75, 3.05) is 0 Å². The average Bonchev–Trinajstić information content (AvgIpc) is 2.34. The maximum atomic E-state index is 10.2. The summed E-state index contributed by atoms with van der Waals surface area (Å²) in [4.78, 5) is 10.2. The molecule has 0 amide bonds. The third-order valence-corrected chi connectivity index (χ3v) is 1.11. The van der Waals surface area contributed by atoms with E-state index in [9.17, 15) is 4.79 Å². The zero-order valence-corrected chi connectivity index (χ0v) is 5.53. The fraction of sp³-hybridized carbons (Fsp3) is 0.333. The summed E-state index contributed by atoms with van der Waals surface area (Å²) in [5.74, 6) is -1.03. The molecule has 0 atom stereocenters. The number of carboxylic acid groups (broad SMARTS) is 1. The van der Waals surface area contributed by atoms with Gasteiger partial charge in [0.25, 0.3) is 0 Å². The molecule has 0 aliphatic heterocycles. The predicted octanol–water partition coefficient (Wildman–Crippen LogP) is 0.401. The molecule has 0 bridgehead atoms. The minimum atomic E-state index is -1.03. The molecule has 1 N–H and O–H groups in total. The van der Waals surface area contributed by atoms with E-state index in [0.29, 0.717) is 6.54 Å². The Kier molecular flexibility index (Phi) is 1.71. The van der Waals surface area contributed by atoms with Crippen LogP contribution in [0.1, 0.15) is 17.4 Å². The fourth-order valence-corrected chi connectivity index (χ4v) is 0.588. The average molecular weight is 139 g/mol. The molecule has 0 saturated carbocycles. The van der Waals surface area contributed by atoms with E-state index < -0.39 is 5.97 Å². The Hall–Kier alpha value is -1.32. The van der Waals surface area contributed by atoms with Gasteiger partial charge in [0.2, 0.25) is 0 Å². The van der Waals surface area contributed by atoms with Gasteiger partial charge in [-0.05, 0) is 6.92 Å². The second kappa shape index (κ2) is 2.51. The van der Waals surface area contributed by atoms with Gasteiger partial charge in [0, 0.05) is 18.8 Å². The minimum absolute atomic E-state index is 0.0261. The lowest BCUT2D eigenvalue weighted by atomic mass is 10.5. The molecule has 10 heavy (non-hydrogen) atoms. The van der Waals surface area contributed by atoms with E-state index in [1.54, 1.807) is 0 Å². The molecular weight excluding hydrogens is 132 g/mol. The molecule has 1 aromatic heterocycles. The molecule has 0 aliphatic rings. The van der Waals surface area contributed by atoms with Crippen molar-refractivity contribution < 1.29 is 9.90 Å². The predicted molar refractivity (Wildman–Crippen MR) is 33.7 cm³/mol. The fourth-order valence-electron chi connectivity index (χ4n) is 0.588. The number of hydrogen-bond acceptors (Lipinski definition) is 2. The summed E-state index contributed by atoms with van der Waals surface area (Å²) < 4.78 is 1.52. The van der Waals surface area contributed by atoms with Crippen molar-refractivity contribution in [1.29, 1.82) is 0 Å². The van der Waals surface area contributed by atoms with Crippen LogP contribution in [0.5, 0.6) is 0 Å². The molecule has 1 heterocycles. The summed E-state index contributed by atoms with van der Waals surface area (Å²) >= 11 is 0. The Morgan fingerprint density at radius 1 is 2.00 bits per heavy atom. The SMILES string of the molecule is CCn1c[c]c(C(=O)O)n1. The normalized spacial score (nSPS) is 9.70.